The molecule has 0 N–H and O–H groups in total. The molecule has 0 amide bonds. The largest absolute Gasteiger partial charge is 0.368 e. The number of nitrogens with zero attached hydrogens (tertiary/aromatic N) is 1. The molecular formula is C14H21NO. The van der Waals surface area contributed by atoms with E-state index >= 15 is 0 Å². The summed E-state index contributed by atoms with van der Waals surface area (Å²) in [6.07, 6.45) is 4.14. The standard InChI is InChI=1S/C14H21NO/c1-15(2)10-4-3-5-12-6-8-13(9-7-12)14-11-16-14/h6-9,14H,3-5,10-11H2,1-2H3. The zero-order chi connectivity index (χ0) is 11.4. The minimum Gasteiger partial charge on any atom is -0.368 e. The lowest BCUT2D eigenvalue weighted by Gasteiger charge is -2.08. The third kappa shape index (κ3) is 3.62. The second kappa shape index (κ2) is 5.46. The van der Waals surface area contributed by atoms with Crippen LogP contribution >= 0.6 is 0 Å². The maximum absolute atomic E-state index is 5.25. The van der Waals surface area contributed by atoms with Gasteiger partial charge in [0.25, 0.3) is 0 Å². The number of benzene rings is 1. The molecule has 16 heavy (non-hydrogen) atoms. The fourth-order valence-corrected chi connectivity index (χ4v) is 1.90. The first-order valence-corrected chi connectivity index (χ1v) is 6.11. The van der Waals surface area contributed by atoms with Crippen molar-refractivity contribution >= 4 is 0 Å². The van der Waals surface area contributed by atoms with Crippen molar-refractivity contribution in [1.29, 1.82) is 0 Å². The topological polar surface area (TPSA) is 15.8 Å². The predicted octanol–water partition coefficient (Wildman–Crippen LogP) is 2.64. The molecule has 1 fully saturated rings. The Morgan fingerprint density at radius 3 is 2.44 bits per heavy atom. The van der Waals surface area contributed by atoms with Gasteiger partial charge in [-0.1, -0.05) is 24.3 Å². The first kappa shape index (κ1) is 11.6. The maximum atomic E-state index is 5.25. The van der Waals surface area contributed by atoms with Crippen molar-refractivity contribution < 1.29 is 4.74 Å². The smallest absolute Gasteiger partial charge is 0.106 e. The van der Waals surface area contributed by atoms with E-state index in [1.807, 2.05) is 0 Å². The van der Waals surface area contributed by atoms with E-state index in [-0.39, 0.29) is 0 Å². The second-order valence-corrected chi connectivity index (χ2v) is 4.82. The van der Waals surface area contributed by atoms with Crippen molar-refractivity contribution in [3.63, 3.8) is 0 Å². The van der Waals surface area contributed by atoms with Gasteiger partial charge in [0.05, 0.1) is 6.61 Å². The lowest BCUT2D eigenvalue weighted by atomic mass is 10.0. The van der Waals surface area contributed by atoms with E-state index in [2.05, 4.69) is 43.3 Å². The second-order valence-electron chi connectivity index (χ2n) is 4.82. The third-order valence-electron chi connectivity index (χ3n) is 3.01. The van der Waals surface area contributed by atoms with Gasteiger partial charge < -0.3 is 9.64 Å². The maximum Gasteiger partial charge on any atom is 0.106 e. The van der Waals surface area contributed by atoms with Crippen molar-refractivity contribution in [2.75, 3.05) is 27.2 Å². The Hall–Kier alpha value is -0.860. The number of hydrogen-bond acceptors (Lipinski definition) is 2. The third-order valence-corrected chi connectivity index (χ3v) is 3.01. The summed E-state index contributed by atoms with van der Waals surface area (Å²) < 4.78 is 5.25. The predicted molar refractivity (Wildman–Crippen MR) is 66.6 cm³/mol. The van der Waals surface area contributed by atoms with Gasteiger partial charge in [0.2, 0.25) is 0 Å². The van der Waals surface area contributed by atoms with Crippen LogP contribution in [-0.2, 0) is 11.2 Å². The molecule has 0 spiro atoms. The van der Waals surface area contributed by atoms with E-state index in [9.17, 15) is 0 Å². The highest BCUT2D eigenvalue weighted by atomic mass is 16.6. The molecule has 2 rings (SSSR count). The van der Waals surface area contributed by atoms with Crippen LogP contribution in [0.2, 0.25) is 0 Å². The van der Waals surface area contributed by atoms with Crippen molar-refractivity contribution in [3.05, 3.63) is 35.4 Å². The Morgan fingerprint density at radius 1 is 1.19 bits per heavy atom. The van der Waals surface area contributed by atoms with Crippen molar-refractivity contribution in [2.24, 2.45) is 0 Å². The van der Waals surface area contributed by atoms with Gasteiger partial charge in [-0.25, -0.2) is 0 Å². The summed E-state index contributed by atoms with van der Waals surface area (Å²) in [4.78, 5) is 2.24. The fourth-order valence-electron chi connectivity index (χ4n) is 1.90. The zero-order valence-corrected chi connectivity index (χ0v) is 10.3. The molecule has 0 bridgehead atoms. The van der Waals surface area contributed by atoms with Gasteiger partial charge in [0.1, 0.15) is 6.10 Å². The van der Waals surface area contributed by atoms with Crippen LogP contribution in [0, 0.1) is 0 Å². The van der Waals surface area contributed by atoms with Gasteiger partial charge in [-0.2, -0.15) is 0 Å². The van der Waals surface area contributed by atoms with Crippen LogP contribution in [0.25, 0.3) is 0 Å². The Balaban J connectivity index is 1.72. The highest BCUT2D eigenvalue weighted by Gasteiger charge is 2.24. The van der Waals surface area contributed by atoms with Gasteiger partial charge in [-0.05, 0) is 51.0 Å². The molecule has 2 nitrogen and oxygen atoms in total. The normalized spacial score (nSPS) is 19.1. The zero-order valence-electron chi connectivity index (χ0n) is 10.3. The molecule has 1 atom stereocenters. The molecule has 1 unspecified atom stereocenters. The molecule has 88 valence electrons. The number of aryl methyl sites for hydroxylation is 1. The van der Waals surface area contributed by atoms with Crippen molar-refractivity contribution in [3.8, 4) is 0 Å². The summed E-state index contributed by atoms with van der Waals surface area (Å²) in [5, 5.41) is 0. The monoisotopic (exact) mass is 219 g/mol. The SMILES string of the molecule is CN(C)CCCCc1ccc(C2CO2)cc1. The summed E-state index contributed by atoms with van der Waals surface area (Å²) in [6.45, 7) is 2.09. The van der Waals surface area contributed by atoms with Crippen molar-refractivity contribution in [1.82, 2.24) is 4.90 Å². The highest BCUT2D eigenvalue weighted by Crippen LogP contribution is 2.29. The van der Waals surface area contributed by atoms with Gasteiger partial charge in [-0.3, -0.25) is 0 Å². The van der Waals surface area contributed by atoms with Gasteiger partial charge in [-0.15, -0.1) is 0 Å². The van der Waals surface area contributed by atoms with Crippen LogP contribution in [0.3, 0.4) is 0 Å². The van der Waals surface area contributed by atoms with E-state index in [1.54, 1.807) is 0 Å². The Labute approximate surface area is 98.2 Å². The highest BCUT2D eigenvalue weighted by molar-refractivity contribution is 5.26. The summed E-state index contributed by atoms with van der Waals surface area (Å²) >= 11 is 0. The minimum absolute atomic E-state index is 0.391. The Morgan fingerprint density at radius 2 is 1.88 bits per heavy atom. The molecule has 0 aliphatic carbocycles. The van der Waals surface area contributed by atoms with Crippen LogP contribution in [0.15, 0.2) is 24.3 Å². The fraction of sp³-hybridized carbons (Fsp3) is 0.571. The van der Waals surface area contributed by atoms with E-state index in [0.717, 1.165) is 6.61 Å². The molecule has 1 saturated heterocycles. The molecule has 1 aliphatic heterocycles. The number of ether oxygens (including phenoxy) is 1. The first-order valence-electron chi connectivity index (χ1n) is 6.11. The van der Waals surface area contributed by atoms with Crippen LogP contribution in [0.4, 0.5) is 0 Å². The summed E-state index contributed by atoms with van der Waals surface area (Å²) in [6, 6.07) is 8.90. The molecule has 1 aliphatic rings. The van der Waals surface area contributed by atoms with Crippen LogP contribution in [-0.4, -0.2) is 32.1 Å². The molecule has 0 saturated carbocycles. The van der Waals surface area contributed by atoms with Crippen LogP contribution in [0.5, 0.6) is 0 Å². The number of rotatable bonds is 6. The molecule has 1 aromatic rings. The number of hydrogen-bond donors (Lipinski definition) is 0. The lowest BCUT2D eigenvalue weighted by Crippen LogP contribution is -2.12. The van der Waals surface area contributed by atoms with E-state index in [4.69, 9.17) is 4.74 Å². The van der Waals surface area contributed by atoms with Crippen molar-refractivity contribution in [2.45, 2.75) is 25.4 Å². The number of unbranched alkanes of at least 4 members (excludes halogenated alkanes) is 1. The summed E-state index contributed by atoms with van der Waals surface area (Å²) in [5.74, 6) is 0. The van der Waals surface area contributed by atoms with Crippen LogP contribution in [0.1, 0.15) is 30.1 Å². The molecule has 0 radical (unpaired) electrons. The summed E-state index contributed by atoms with van der Waals surface area (Å²) in [7, 11) is 4.26. The van der Waals surface area contributed by atoms with E-state index < -0.39 is 0 Å². The number of epoxide rings is 1. The van der Waals surface area contributed by atoms with E-state index in [0.29, 0.717) is 6.10 Å². The Bertz CT molecular complexity index is 314. The van der Waals surface area contributed by atoms with Crippen LogP contribution < -0.4 is 0 Å². The van der Waals surface area contributed by atoms with Gasteiger partial charge in [0.15, 0.2) is 0 Å². The molecule has 2 heteroatoms. The van der Waals surface area contributed by atoms with Gasteiger partial charge in [0, 0.05) is 0 Å². The van der Waals surface area contributed by atoms with Gasteiger partial charge >= 0.3 is 0 Å². The molecule has 0 aromatic heterocycles. The quantitative estimate of drug-likeness (QED) is 0.540. The average molecular weight is 219 g/mol. The molecule has 1 aromatic carbocycles. The average Bonchev–Trinajstić information content (AvgIpc) is 3.09. The minimum atomic E-state index is 0.391. The molecule has 1 heterocycles. The Kier molecular flexibility index (Phi) is 3.97. The molecular weight excluding hydrogens is 198 g/mol. The summed E-state index contributed by atoms with van der Waals surface area (Å²) in [5.41, 5.74) is 2.78. The lowest BCUT2D eigenvalue weighted by molar-refractivity contribution is 0.394. The first-order chi connectivity index (χ1) is 7.75. The van der Waals surface area contributed by atoms with E-state index in [1.165, 1.54) is 36.9 Å².